The van der Waals surface area contributed by atoms with Crippen LogP contribution in [0.25, 0.3) is 0 Å². The smallest absolute Gasteiger partial charge is 0.255 e. The van der Waals surface area contributed by atoms with Gasteiger partial charge >= 0.3 is 0 Å². The van der Waals surface area contributed by atoms with Gasteiger partial charge in [0.1, 0.15) is 5.75 Å². The highest BCUT2D eigenvalue weighted by atomic mass is 79.9. The summed E-state index contributed by atoms with van der Waals surface area (Å²) in [7, 11) is 0. The number of nitrogens with one attached hydrogen (secondary N) is 1. The molecule has 0 atom stereocenters. The first kappa shape index (κ1) is 17.8. The Labute approximate surface area is 159 Å². The first-order valence-corrected chi connectivity index (χ1v) is 8.62. The molecule has 0 fully saturated rings. The molecule has 1 aromatic heterocycles. The fourth-order valence-corrected chi connectivity index (χ4v) is 2.60. The molecule has 0 aliphatic rings. The van der Waals surface area contributed by atoms with E-state index in [1.165, 1.54) is 13.1 Å². The second-order valence-corrected chi connectivity index (χ2v) is 6.45. The Morgan fingerprint density at radius 1 is 1.00 bits per heavy atom. The van der Waals surface area contributed by atoms with E-state index >= 15 is 0 Å². The lowest BCUT2D eigenvalue weighted by molar-refractivity contribution is 0.100. The van der Waals surface area contributed by atoms with E-state index in [0.29, 0.717) is 28.4 Å². The minimum atomic E-state index is -0.275. The van der Waals surface area contributed by atoms with Crippen LogP contribution < -0.4 is 10.1 Å². The number of nitrogens with zero attached hydrogens (tertiary/aromatic N) is 1. The third-order valence-electron chi connectivity index (χ3n) is 3.57. The lowest BCUT2D eigenvalue weighted by atomic mass is 10.1. The van der Waals surface area contributed by atoms with E-state index in [4.69, 9.17) is 4.74 Å². The molecule has 0 saturated carbocycles. The highest BCUT2D eigenvalue weighted by Gasteiger charge is 2.08. The van der Waals surface area contributed by atoms with E-state index in [1.807, 2.05) is 24.3 Å². The largest absolute Gasteiger partial charge is 0.439 e. The van der Waals surface area contributed by atoms with Crippen molar-refractivity contribution in [3.05, 3.63) is 82.5 Å². The average Bonchev–Trinajstić information content (AvgIpc) is 2.63. The molecule has 26 heavy (non-hydrogen) atoms. The highest BCUT2D eigenvalue weighted by Crippen LogP contribution is 2.23. The zero-order valence-corrected chi connectivity index (χ0v) is 15.5. The first-order valence-electron chi connectivity index (χ1n) is 7.83. The molecule has 1 N–H and O–H groups in total. The van der Waals surface area contributed by atoms with Gasteiger partial charge in [0, 0.05) is 21.7 Å². The first-order chi connectivity index (χ1) is 12.5. The number of hydrogen-bond donors (Lipinski definition) is 1. The van der Waals surface area contributed by atoms with Gasteiger partial charge < -0.3 is 10.1 Å². The predicted molar refractivity (Wildman–Crippen MR) is 103 cm³/mol. The fraction of sp³-hybridized carbons (Fsp3) is 0.0500. The number of rotatable bonds is 5. The number of benzene rings is 2. The molecule has 0 saturated heterocycles. The van der Waals surface area contributed by atoms with E-state index in [1.54, 1.807) is 36.4 Å². The summed E-state index contributed by atoms with van der Waals surface area (Å²) >= 11 is 3.38. The van der Waals surface area contributed by atoms with E-state index in [0.717, 1.165) is 4.47 Å². The molecule has 0 spiro atoms. The second-order valence-electron chi connectivity index (χ2n) is 5.53. The van der Waals surface area contributed by atoms with Crippen molar-refractivity contribution in [1.82, 2.24) is 4.98 Å². The summed E-state index contributed by atoms with van der Waals surface area (Å²) in [6, 6.07) is 17.3. The molecule has 1 amide bonds. The lowest BCUT2D eigenvalue weighted by Gasteiger charge is -2.08. The number of hydrogen-bond acceptors (Lipinski definition) is 4. The normalized spacial score (nSPS) is 10.2. The van der Waals surface area contributed by atoms with Gasteiger partial charge in [-0.05, 0) is 43.3 Å². The van der Waals surface area contributed by atoms with Crippen molar-refractivity contribution >= 4 is 33.3 Å². The zero-order valence-electron chi connectivity index (χ0n) is 13.9. The van der Waals surface area contributed by atoms with Gasteiger partial charge in [-0.15, -0.1) is 0 Å². The van der Waals surface area contributed by atoms with Crippen LogP contribution in [-0.4, -0.2) is 16.7 Å². The number of carbonyl (C=O) groups excluding carboxylic acids is 2. The van der Waals surface area contributed by atoms with Gasteiger partial charge in [0.2, 0.25) is 5.88 Å². The summed E-state index contributed by atoms with van der Waals surface area (Å²) < 4.78 is 6.57. The SMILES string of the molecule is CC(=O)c1ccc(C(=O)Nc2ccc(Oc3cccc(Br)c3)nc2)cc1. The Morgan fingerprint density at radius 2 is 1.73 bits per heavy atom. The van der Waals surface area contributed by atoms with Gasteiger partial charge in [0.15, 0.2) is 5.78 Å². The quantitative estimate of drug-likeness (QED) is 0.594. The second kappa shape index (κ2) is 7.93. The van der Waals surface area contributed by atoms with Crippen molar-refractivity contribution in [1.29, 1.82) is 0 Å². The monoisotopic (exact) mass is 410 g/mol. The van der Waals surface area contributed by atoms with E-state index in [2.05, 4.69) is 26.2 Å². The molecule has 1 heterocycles. The van der Waals surface area contributed by atoms with Gasteiger partial charge in [-0.1, -0.05) is 34.1 Å². The molecule has 0 radical (unpaired) electrons. The fourth-order valence-electron chi connectivity index (χ4n) is 2.23. The van der Waals surface area contributed by atoms with Gasteiger partial charge in [-0.3, -0.25) is 9.59 Å². The van der Waals surface area contributed by atoms with E-state index in [-0.39, 0.29) is 11.7 Å². The summed E-state index contributed by atoms with van der Waals surface area (Å²) in [4.78, 5) is 27.7. The standard InChI is InChI=1S/C20H15BrN2O3/c1-13(24)14-5-7-15(8-6-14)20(25)23-17-9-10-19(22-12-17)26-18-4-2-3-16(21)11-18/h2-12H,1H3,(H,23,25). The molecular weight excluding hydrogens is 396 g/mol. The topological polar surface area (TPSA) is 68.3 Å². The summed E-state index contributed by atoms with van der Waals surface area (Å²) in [5.41, 5.74) is 1.58. The number of amides is 1. The molecule has 3 rings (SSSR count). The van der Waals surface area contributed by atoms with Crippen LogP contribution in [0, 0.1) is 0 Å². The number of Topliss-reactive ketones (excluding diaryl/α,β-unsaturated/α-hetero) is 1. The van der Waals surface area contributed by atoms with Crippen LogP contribution in [0.1, 0.15) is 27.6 Å². The lowest BCUT2D eigenvalue weighted by Crippen LogP contribution is -2.12. The van der Waals surface area contributed by atoms with Crippen LogP contribution in [-0.2, 0) is 0 Å². The predicted octanol–water partition coefficient (Wildman–Crippen LogP) is 5.09. The van der Waals surface area contributed by atoms with Gasteiger partial charge in [-0.2, -0.15) is 0 Å². The number of aromatic nitrogens is 1. The Bertz CT molecular complexity index is 938. The molecule has 5 nitrogen and oxygen atoms in total. The average molecular weight is 411 g/mol. The third-order valence-corrected chi connectivity index (χ3v) is 4.06. The number of ether oxygens (including phenoxy) is 1. The molecule has 3 aromatic rings. The van der Waals surface area contributed by atoms with Crippen molar-refractivity contribution in [2.45, 2.75) is 6.92 Å². The van der Waals surface area contributed by atoms with Gasteiger partial charge in [0.25, 0.3) is 5.91 Å². The summed E-state index contributed by atoms with van der Waals surface area (Å²) in [6.07, 6.45) is 1.52. The maximum atomic E-state index is 12.2. The Hall–Kier alpha value is -2.99. The van der Waals surface area contributed by atoms with Crippen molar-refractivity contribution in [2.24, 2.45) is 0 Å². The number of anilines is 1. The maximum absolute atomic E-state index is 12.2. The number of ketones is 1. The van der Waals surface area contributed by atoms with Crippen LogP contribution >= 0.6 is 15.9 Å². The van der Waals surface area contributed by atoms with E-state index in [9.17, 15) is 9.59 Å². The van der Waals surface area contributed by atoms with Crippen LogP contribution in [0.3, 0.4) is 0 Å². The van der Waals surface area contributed by atoms with Crippen LogP contribution in [0.5, 0.6) is 11.6 Å². The molecule has 130 valence electrons. The van der Waals surface area contributed by atoms with Crippen LogP contribution in [0.4, 0.5) is 5.69 Å². The molecular formula is C20H15BrN2O3. The van der Waals surface area contributed by atoms with Gasteiger partial charge in [0.05, 0.1) is 11.9 Å². The molecule has 0 unspecified atom stereocenters. The molecule has 0 bridgehead atoms. The number of carbonyl (C=O) groups is 2. The van der Waals surface area contributed by atoms with Crippen molar-refractivity contribution in [3.8, 4) is 11.6 Å². The number of pyridine rings is 1. The summed E-state index contributed by atoms with van der Waals surface area (Å²) in [5, 5.41) is 2.76. The third kappa shape index (κ3) is 4.55. The van der Waals surface area contributed by atoms with Crippen molar-refractivity contribution in [2.75, 3.05) is 5.32 Å². The minimum absolute atomic E-state index is 0.0396. The zero-order chi connectivity index (χ0) is 18.5. The maximum Gasteiger partial charge on any atom is 0.255 e. The number of halogens is 1. The molecule has 0 aliphatic carbocycles. The van der Waals surface area contributed by atoms with Gasteiger partial charge in [-0.25, -0.2) is 4.98 Å². The Morgan fingerprint density at radius 3 is 2.35 bits per heavy atom. The molecule has 6 heteroatoms. The molecule has 0 aliphatic heterocycles. The molecule has 2 aromatic carbocycles. The van der Waals surface area contributed by atoms with Crippen LogP contribution in [0.2, 0.25) is 0 Å². The highest BCUT2D eigenvalue weighted by molar-refractivity contribution is 9.10. The Kier molecular flexibility index (Phi) is 5.43. The van der Waals surface area contributed by atoms with E-state index < -0.39 is 0 Å². The van der Waals surface area contributed by atoms with Crippen molar-refractivity contribution < 1.29 is 14.3 Å². The minimum Gasteiger partial charge on any atom is -0.439 e. The summed E-state index contributed by atoms with van der Waals surface area (Å²) in [6.45, 7) is 1.48. The summed E-state index contributed by atoms with van der Waals surface area (Å²) in [5.74, 6) is 0.769. The van der Waals surface area contributed by atoms with Crippen LogP contribution in [0.15, 0.2) is 71.3 Å². The van der Waals surface area contributed by atoms with Crippen molar-refractivity contribution in [3.63, 3.8) is 0 Å². The Balaban J connectivity index is 1.65.